The Labute approximate surface area is 171 Å². The Morgan fingerprint density at radius 2 is 1.25 bits per heavy atom. The second kappa shape index (κ2) is 9.08. The average molecular weight is 397 g/mol. The standard InChI is InChI=1S/C26H25PSi/c1-5-26(25-19-13-12-14-22(25)20-21-28(2,3)4)27(23-15-8-6-9-16-23)24-17-10-7-11-18-24/h1,6-19,26H,2-4H3. The highest BCUT2D eigenvalue weighted by Gasteiger charge is 2.26. The van der Waals surface area contributed by atoms with E-state index in [9.17, 15) is 0 Å². The van der Waals surface area contributed by atoms with Gasteiger partial charge in [-0.05, 0) is 30.2 Å². The fraction of sp³-hybridized carbons (Fsp3) is 0.154. The first-order valence-electron chi connectivity index (χ1n) is 9.47. The molecule has 1 unspecified atom stereocenters. The molecule has 28 heavy (non-hydrogen) atoms. The lowest BCUT2D eigenvalue weighted by molar-refractivity contribution is 1.25. The Balaban J connectivity index is 2.15. The maximum atomic E-state index is 6.16. The summed E-state index contributed by atoms with van der Waals surface area (Å²) in [6.07, 6.45) is 6.16. The number of hydrogen-bond acceptors (Lipinski definition) is 0. The minimum atomic E-state index is -1.47. The van der Waals surface area contributed by atoms with Gasteiger partial charge in [-0.25, -0.2) is 0 Å². The highest BCUT2D eigenvalue weighted by atomic mass is 31.1. The first kappa shape index (κ1) is 20.2. The van der Waals surface area contributed by atoms with Gasteiger partial charge in [0.05, 0.1) is 5.66 Å². The van der Waals surface area contributed by atoms with Crippen molar-refractivity contribution in [1.82, 2.24) is 0 Å². The van der Waals surface area contributed by atoms with Crippen LogP contribution in [-0.4, -0.2) is 8.07 Å². The second-order valence-corrected chi connectivity index (χ2v) is 14.7. The molecule has 0 saturated heterocycles. The van der Waals surface area contributed by atoms with Crippen LogP contribution in [0.2, 0.25) is 19.6 Å². The highest BCUT2D eigenvalue weighted by molar-refractivity contribution is 7.73. The summed E-state index contributed by atoms with van der Waals surface area (Å²) in [5, 5.41) is 2.58. The minimum Gasteiger partial charge on any atom is -0.127 e. The van der Waals surface area contributed by atoms with Gasteiger partial charge in [-0.15, -0.1) is 12.0 Å². The summed E-state index contributed by atoms with van der Waals surface area (Å²) in [5.74, 6) is 6.58. The highest BCUT2D eigenvalue weighted by Crippen LogP contribution is 2.49. The van der Waals surface area contributed by atoms with Gasteiger partial charge in [-0.3, -0.25) is 0 Å². The molecule has 0 nitrogen and oxygen atoms in total. The lowest BCUT2D eigenvalue weighted by atomic mass is 10.1. The molecule has 0 heterocycles. The zero-order valence-electron chi connectivity index (χ0n) is 16.7. The maximum absolute atomic E-state index is 6.16. The van der Waals surface area contributed by atoms with Gasteiger partial charge in [0, 0.05) is 5.56 Å². The van der Waals surface area contributed by atoms with Gasteiger partial charge < -0.3 is 0 Å². The number of terminal acetylenes is 1. The molecular formula is C26H25PSi. The van der Waals surface area contributed by atoms with Crippen molar-refractivity contribution in [2.75, 3.05) is 0 Å². The molecule has 0 N–H and O–H groups in total. The molecule has 2 heteroatoms. The molecule has 0 spiro atoms. The number of hydrogen-bond donors (Lipinski definition) is 0. The molecule has 1 atom stereocenters. The predicted octanol–water partition coefficient (Wildman–Crippen LogP) is 5.72. The van der Waals surface area contributed by atoms with Crippen LogP contribution < -0.4 is 10.6 Å². The first-order chi connectivity index (χ1) is 13.5. The van der Waals surface area contributed by atoms with Crippen molar-refractivity contribution in [2.24, 2.45) is 0 Å². The van der Waals surface area contributed by atoms with Crippen LogP contribution >= 0.6 is 7.92 Å². The molecular weight excluding hydrogens is 371 g/mol. The van der Waals surface area contributed by atoms with E-state index in [1.54, 1.807) is 0 Å². The molecule has 3 aromatic carbocycles. The maximum Gasteiger partial charge on any atom is 0.129 e. The van der Waals surface area contributed by atoms with E-state index in [0.29, 0.717) is 0 Å². The van der Waals surface area contributed by atoms with E-state index in [0.717, 1.165) is 11.1 Å². The third kappa shape index (κ3) is 5.02. The van der Waals surface area contributed by atoms with Gasteiger partial charge >= 0.3 is 0 Å². The Hall–Kier alpha value is -2.57. The molecule has 0 amide bonds. The predicted molar refractivity (Wildman–Crippen MR) is 127 cm³/mol. The molecule has 138 valence electrons. The van der Waals surface area contributed by atoms with Crippen molar-refractivity contribution in [1.29, 1.82) is 0 Å². The van der Waals surface area contributed by atoms with Crippen molar-refractivity contribution in [3.8, 4) is 23.8 Å². The zero-order chi connectivity index (χ0) is 20.0. The quantitative estimate of drug-likeness (QED) is 0.300. The Morgan fingerprint density at radius 3 is 1.75 bits per heavy atom. The molecule has 0 saturated carbocycles. The summed E-state index contributed by atoms with van der Waals surface area (Å²) >= 11 is 0. The van der Waals surface area contributed by atoms with Crippen molar-refractivity contribution in [3.63, 3.8) is 0 Å². The van der Waals surface area contributed by atoms with E-state index in [1.165, 1.54) is 10.6 Å². The Morgan fingerprint density at radius 1 is 0.750 bits per heavy atom. The molecule has 0 aliphatic carbocycles. The van der Waals surface area contributed by atoms with Gasteiger partial charge in [0.1, 0.15) is 8.07 Å². The van der Waals surface area contributed by atoms with Crippen LogP contribution in [0, 0.1) is 23.8 Å². The molecule has 0 aromatic heterocycles. The number of benzene rings is 3. The first-order valence-corrected chi connectivity index (χ1v) is 14.4. The summed E-state index contributed by atoms with van der Waals surface area (Å²) in [4.78, 5) is 0. The number of rotatable bonds is 4. The topological polar surface area (TPSA) is 0 Å². The lowest BCUT2D eigenvalue weighted by Crippen LogP contribution is -2.18. The fourth-order valence-corrected chi connectivity index (χ4v) is 6.08. The third-order valence-electron chi connectivity index (χ3n) is 4.31. The summed E-state index contributed by atoms with van der Waals surface area (Å²) in [7, 11) is -2.21. The van der Waals surface area contributed by atoms with Gasteiger partial charge in [0.15, 0.2) is 0 Å². The molecule has 0 aliphatic rings. The summed E-state index contributed by atoms with van der Waals surface area (Å²) in [6.45, 7) is 6.80. The van der Waals surface area contributed by atoms with Crippen LogP contribution in [0.1, 0.15) is 16.8 Å². The van der Waals surface area contributed by atoms with Crippen molar-refractivity contribution >= 4 is 26.6 Å². The lowest BCUT2D eigenvalue weighted by Gasteiger charge is -2.26. The largest absolute Gasteiger partial charge is 0.129 e. The molecule has 0 bridgehead atoms. The SMILES string of the molecule is C#CC(c1ccccc1C#C[Si](C)(C)C)P(c1ccccc1)c1ccccc1. The Bertz CT molecular complexity index is 976. The van der Waals surface area contributed by atoms with Crippen molar-refractivity contribution in [3.05, 3.63) is 96.1 Å². The normalized spacial score (nSPS) is 12.0. The monoisotopic (exact) mass is 396 g/mol. The third-order valence-corrected chi connectivity index (χ3v) is 7.84. The van der Waals surface area contributed by atoms with Crippen LogP contribution in [0.4, 0.5) is 0 Å². The van der Waals surface area contributed by atoms with E-state index >= 15 is 0 Å². The van der Waals surface area contributed by atoms with E-state index in [4.69, 9.17) is 6.42 Å². The fourth-order valence-electron chi connectivity index (χ4n) is 3.03. The van der Waals surface area contributed by atoms with E-state index in [2.05, 4.69) is 122 Å². The van der Waals surface area contributed by atoms with Crippen LogP contribution in [0.3, 0.4) is 0 Å². The average Bonchev–Trinajstić information content (AvgIpc) is 2.71. The van der Waals surface area contributed by atoms with Crippen LogP contribution in [-0.2, 0) is 0 Å². The van der Waals surface area contributed by atoms with Crippen LogP contribution in [0.15, 0.2) is 84.9 Å². The van der Waals surface area contributed by atoms with Crippen molar-refractivity contribution in [2.45, 2.75) is 25.3 Å². The van der Waals surface area contributed by atoms with E-state index in [-0.39, 0.29) is 5.66 Å². The van der Waals surface area contributed by atoms with Gasteiger partial charge in [-0.2, -0.15) is 0 Å². The van der Waals surface area contributed by atoms with E-state index in [1.807, 2.05) is 0 Å². The van der Waals surface area contributed by atoms with Gasteiger partial charge in [-0.1, -0.05) is 110 Å². The second-order valence-electron chi connectivity index (χ2n) is 7.70. The minimum absolute atomic E-state index is 0.0214. The molecule has 3 rings (SSSR count). The van der Waals surface area contributed by atoms with Gasteiger partial charge in [0.25, 0.3) is 0 Å². The molecule has 0 radical (unpaired) electrons. The summed E-state index contributed by atoms with van der Waals surface area (Å²) in [6, 6.07) is 29.7. The Kier molecular flexibility index (Phi) is 6.54. The van der Waals surface area contributed by atoms with Crippen LogP contribution in [0.5, 0.6) is 0 Å². The smallest absolute Gasteiger partial charge is 0.127 e. The van der Waals surface area contributed by atoms with Crippen molar-refractivity contribution < 1.29 is 0 Å². The zero-order valence-corrected chi connectivity index (χ0v) is 18.6. The van der Waals surface area contributed by atoms with Gasteiger partial charge in [0.2, 0.25) is 0 Å². The summed E-state index contributed by atoms with van der Waals surface area (Å²) < 4.78 is 0. The van der Waals surface area contributed by atoms with Crippen LogP contribution in [0.25, 0.3) is 0 Å². The molecule has 0 fully saturated rings. The van der Waals surface area contributed by atoms with E-state index < -0.39 is 16.0 Å². The molecule has 0 aliphatic heterocycles. The summed E-state index contributed by atoms with van der Waals surface area (Å²) in [5.41, 5.74) is 5.71. The molecule has 3 aromatic rings.